The van der Waals surface area contributed by atoms with E-state index in [1.807, 2.05) is 0 Å². The van der Waals surface area contributed by atoms with Crippen molar-refractivity contribution in [2.75, 3.05) is 0 Å². The fraction of sp³-hybridized carbons (Fsp3) is 1.00. The summed E-state index contributed by atoms with van der Waals surface area (Å²) < 4.78 is 0. The third-order valence-electron chi connectivity index (χ3n) is 6.22. The van der Waals surface area contributed by atoms with E-state index in [-0.39, 0.29) is 0 Å². The molecule has 4 saturated carbocycles. The highest BCUT2D eigenvalue weighted by Gasteiger charge is 2.76. The minimum Gasteiger partial charge on any atom is -0.0622 e. The zero-order chi connectivity index (χ0) is 9.43. The van der Waals surface area contributed by atoms with Crippen LogP contribution in [0.5, 0.6) is 0 Å². The molecule has 0 nitrogen and oxygen atoms in total. The fourth-order valence-corrected chi connectivity index (χ4v) is 4.95. The van der Waals surface area contributed by atoms with Gasteiger partial charge in [0.2, 0.25) is 0 Å². The molecule has 0 heteroatoms. The maximum atomic E-state index is 2.56. The average molecular weight is 178 g/mol. The molecule has 4 rings (SSSR count). The van der Waals surface area contributed by atoms with Crippen molar-refractivity contribution in [2.24, 2.45) is 34.5 Å². The first-order valence-electron chi connectivity index (χ1n) is 6.01. The molecule has 1 spiro atoms. The van der Waals surface area contributed by atoms with Gasteiger partial charge < -0.3 is 0 Å². The molecule has 0 aromatic carbocycles. The Hall–Kier alpha value is 0. The lowest BCUT2D eigenvalue weighted by molar-refractivity contribution is -0.000793. The Labute approximate surface area is 82.1 Å². The molecule has 0 heterocycles. The molecule has 2 bridgehead atoms. The highest BCUT2D eigenvalue weighted by molar-refractivity contribution is 5.25. The number of hydrogen-bond donors (Lipinski definition) is 0. The zero-order valence-electron chi connectivity index (χ0n) is 9.43. The third-order valence-corrected chi connectivity index (χ3v) is 6.22. The van der Waals surface area contributed by atoms with E-state index < -0.39 is 0 Å². The predicted molar refractivity (Wildman–Crippen MR) is 55.4 cm³/mol. The van der Waals surface area contributed by atoms with Crippen molar-refractivity contribution in [3.63, 3.8) is 0 Å². The Morgan fingerprint density at radius 3 is 2.46 bits per heavy atom. The molecular formula is C13H22. The van der Waals surface area contributed by atoms with Gasteiger partial charge in [-0.1, -0.05) is 27.7 Å². The van der Waals surface area contributed by atoms with Gasteiger partial charge in [0, 0.05) is 0 Å². The molecule has 74 valence electrons. The van der Waals surface area contributed by atoms with E-state index in [1.165, 1.54) is 6.42 Å². The quantitative estimate of drug-likeness (QED) is 0.530. The van der Waals surface area contributed by atoms with Gasteiger partial charge >= 0.3 is 0 Å². The molecule has 4 fully saturated rings. The maximum absolute atomic E-state index is 2.56. The molecule has 6 atom stereocenters. The van der Waals surface area contributed by atoms with Gasteiger partial charge in [-0.3, -0.25) is 0 Å². The lowest BCUT2D eigenvalue weighted by atomic mass is 9.56. The lowest BCUT2D eigenvalue weighted by Crippen LogP contribution is -2.42. The third kappa shape index (κ3) is 0.714. The highest BCUT2D eigenvalue weighted by atomic mass is 14.8. The normalized spacial score (nSPS) is 69.2. The zero-order valence-corrected chi connectivity index (χ0v) is 9.43. The Balaban J connectivity index is 1.97. The first-order valence-corrected chi connectivity index (χ1v) is 6.01. The summed E-state index contributed by atoms with van der Waals surface area (Å²) in [6, 6.07) is 0. The van der Waals surface area contributed by atoms with E-state index in [2.05, 4.69) is 27.7 Å². The van der Waals surface area contributed by atoms with Crippen LogP contribution in [0.1, 0.15) is 47.0 Å². The van der Waals surface area contributed by atoms with Gasteiger partial charge in [-0.15, -0.1) is 0 Å². The Bertz CT molecular complexity index is 257. The summed E-state index contributed by atoms with van der Waals surface area (Å²) in [6.45, 7) is 10.0. The Morgan fingerprint density at radius 1 is 1.15 bits per heavy atom. The fourth-order valence-electron chi connectivity index (χ4n) is 4.95. The van der Waals surface area contributed by atoms with Gasteiger partial charge in [0.25, 0.3) is 0 Å². The smallest absolute Gasteiger partial charge is 0.0229 e. The van der Waals surface area contributed by atoms with Crippen LogP contribution in [-0.4, -0.2) is 0 Å². The maximum Gasteiger partial charge on any atom is -0.0229 e. The molecule has 0 N–H and O–H groups in total. The van der Waals surface area contributed by atoms with Crippen LogP contribution in [0.2, 0.25) is 0 Å². The van der Waals surface area contributed by atoms with Gasteiger partial charge in [-0.2, -0.15) is 0 Å². The predicted octanol–water partition coefficient (Wildman–Crippen LogP) is 3.71. The van der Waals surface area contributed by atoms with Crippen molar-refractivity contribution < 1.29 is 0 Å². The van der Waals surface area contributed by atoms with E-state index in [1.54, 1.807) is 12.8 Å². The van der Waals surface area contributed by atoms with Crippen LogP contribution in [-0.2, 0) is 0 Å². The van der Waals surface area contributed by atoms with E-state index >= 15 is 0 Å². The highest BCUT2D eigenvalue weighted by Crippen LogP contribution is 2.83. The second-order valence-electron chi connectivity index (χ2n) is 6.58. The monoisotopic (exact) mass is 178 g/mol. The summed E-state index contributed by atoms with van der Waals surface area (Å²) in [7, 11) is 0. The van der Waals surface area contributed by atoms with Crippen molar-refractivity contribution in [2.45, 2.75) is 47.0 Å². The van der Waals surface area contributed by atoms with Crippen molar-refractivity contribution in [1.29, 1.82) is 0 Å². The molecule has 0 aliphatic heterocycles. The summed E-state index contributed by atoms with van der Waals surface area (Å²) in [4.78, 5) is 0. The van der Waals surface area contributed by atoms with E-state index in [0.29, 0.717) is 0 Å². The molecule has 4 aliphatic rings. The van der Waals surface area contributed by atoms with Crippen molar-refractivity contribution in [3.8, 4) is 0 Å². The minimum atomic E-state index is 0.740. The minimum absolute atomic E-state index is 0.740. The number of hydrogen-bond acceptors (Lipinski definition) is 0. The largest absolute Gasteiger partial charge is 0.0622 e. The molecule has 0 saturated heterocycles. The van der Waals surface area contributed by atoms with E-state index in [9.17, 15) is 0 Å². The summed E-state index contributed by atoms with van der Waals surface area (Å²) >= 11 is 0. The van der Waals surface area contributed by atoms with Crippen molar-refractivity contribution in [1.82, 2.24) is 0 Å². The summed E-state index contributed by atoms with van der Waals surface area (Å²) in [5.41, 5.74) is 1.60. The molecule has 0 radical (unpaired) electrons. The van der Waals surface area contributed by atoms with E-state index in [0.717, 1.165) is 34.5 Å². The SMILES string of the molecule is CC1CC(C)C23CC2C(C)(C3)C1C. The molecule has 4 aliphatic carbocycles. The summed E-state index contributed by atoms with van der Waals surface area (Å²) in [5, 5.41) is 0. The first kappa shape index (κ1) is 8.32. The van der Waals surface area contributed by atoms with Gasteiger partial charge in [0.05, 0.1) is 0 Å². The van der Waals surface area contributed by atoms with Crippen LogP contribution in [0.3, 0.4) is 0 Å². The molecule has 13 heavy (non-hydrogen) atoms. The average Bonchev–Trinajstić information content (AvgIpc) is 2.72. The van der Waals surface area contributed by atoms with Crippen LogP contribution in [0, 0.1) is 34.5 Å². The van der Waals surface area contributed by atoms with Gasteiger partial charge in [-0.05, 0) is 53.8 Å². The standard InChI is InChI=1S/C13H22/c1-8-5-9(2)13-6-11(13)12(4,7-13)10(8)3/h8-11H,5-7H2,1-4H3. The number of fused-ring (bicyclic) bond motifs is 3. The van der Waals surface area contributed by atoms with Gasteiger partial charge in [0.1, 0.15) is 0 Å². The summed E-state index contributed by atoms with van der Waals surface area (Å²) in [6.07, 6.45) is 4.62. The van der Waals surface area contributed by atoms with Crippen LogP contribution < -0.4 is 0 Å². The Kier molecular flexibility index (Phi) is 1.27. The lowest BCUT2D eigenvalue weighted by Gasteiger charge is -2.48. The second kappa shape index (κ2) is 1.99. The molecule has 0 aromatic heterocycles. The van der Waals surface area contributed by atoms with Crippen LogP contribution >= 0.6 is 0 Å². The van der Waals surface area contributed by atoms with Crippen molar-refractivity contribution in [3.05, 3.63) is 0 Å². The van der Waals surface area contributed by atoms with Gasteiger partial charge in [0.15, 0.2) is 0 Å². The van der Waals surface area contributed by atoms with Gasteiger partial charge in [-0.25, -0.2) is 0 Å². The number of rotatable bonds is 0. The first-order chi connectivity index (χ1) is 6.01. The molecular weight excluding hydrogens is 156 g/mol. The Morgan fingerprint density at radius 2 is 1.85 bits per heavy atom. The second-order valence-corrected chi connectivity index (χ2v) is 6.58. The van der Waals surface area contributed by atoms with Crippen LogP contribution in [0.25, 0.3) is 0 Å². The molecule has 0 amide bonds. The molecule has 0 aromatic rings. The van der Waals surface area contributed by atoms with Crippen LogP contribution in [0.4, 0.5) is 0 Å². The topological polar surface area (TPSA) is 0 Å². The van der Waals surface area contributed by atoms with Crippen LogP contribution in [0.15, 0.2) is 0 Å². The summed E-state index contributed by atoms with van der Waals surface area (Å²) in [5.74, 6) is 4.07. The van der Waals surface area contributed by atoms with Crippen molar-refractivity contribution >= 4 is 0 Å². The molecule has 6 unspecified atom stereocenters. The van der Waals surface area contributed by atoms with E-state index in [4.69, 9.17) is 0 Å².